The van der Waals surface area contributed by atoms with E-state index >= 15 is 0 Å². The van der Waals surface area contributed by atoms with Gasteiger partial charge in [-0.25, -0.2) is 4.79 Å². The highest BCUT2D eigenvalue weighted by molar-refractivity contribution is 9.10. The molecule has 0 aromatic heterocycles. The third-order valence-electron chi connectivity index (χ3n) is 2.65. The smallest absolute Gasteiger partial charge is 0.330 e. The van der Waals surface area contributed by atoms with Gasteiger partial charge in [0.1, 0.15) is 5.75 Å². The number of esters is 1. The van der Waals surface area contributed by atoms with Gasteiger partial charge in [0.15, 0.2) is 0 Å². The molecule has 0 aliphatic rings. The van der Waals surface area contributed by atoms with E-state index < -0.39 is 0 Å². The second-order valence-corrected chi connectivity index (χ2v) is 5.03. The van der Waals surface area contributed by atoms with Crippen LogP contribution in [0, 0.1) is 0 Å². The van der Waals surface area contributed by atoms with E-state index in [9.17, 15) is 9.90 Å². The summed E-state index contributed by atoms with van der Waals surface area (Å²) in [4.78, 5) is 11.5. The molecule has 3 nitrogen and oxygen atoms in total. The van der Waals surface area contributed by atoms with Crippen molar-refractivity contribution >= 4 is 28.0 Å². The van der Waals surface area contributed by atoms with Gasteiger partial charge < -0.3 is 9.84 Å². The van der Waals surface area contributed by atoms with Crippen LogP contribution in [0.5, 0.6) is 5.75 Å². The minimum absolute atomic E-state index is 0.148. The van der Waals surface area contributed by atoms with Crippen LogP contribution in [0.2, 0.25) is 0 Å². The van der Waals surface area contributed by atoms with Crippen LogP contribution < -0.4 is 0 Å². The molecule has 0 saturated carbocycles. The Morgan fingerprint density at radius 3 is 2.89 bits per heavy atom. The Bertz CT molecular complexity index is 441. The van der Waals surface area contributed by atoms with Gasteiger partial charge in [0, 0.05) is 6.08 Å². The minimum atomic E-state index is -0.355. The summed E-state index contributed by atoms with van der Waals surface area (Å²) in [6, 6.07) is 5.10. The van der Waals surface area contributed by atoms with E-state index in [0.29, 0.717) is 11.1 Å². The number of carbonyl (C=O) groups excluding carboxylic acids is 1. The molecule has 0 heterocycles. The molecule has 0 spiro atoms. The fraction of sp³-hybridized carbons (Fsp3) is 0.400. The lowest BCUT2D eigenvalue weighted by molar-refractivity contribution is -0.137. The molecule has 0 fully saturated rings. The van der Waals surface area contributed by atoms with Gasteiger partial charge in [0.25, 0.3) is 0 Å². The van der Waals surface area contributed by atoms with Crippen molar-refractivity contribution in [1.29, 1.82) is 0 Å². The number of phenols is 1. The van der Waals surface area contributed by atoms with E-state index in [1.54, 1.807) is 24.3 Å². The fourth-order valence-corrected chi connectivity index (χ4v) is 1.97. The zero-order valence-electron chi connectivity index (χ0n) is 11.1. The van der Waals surface area contributed by atoms with E-state index in [1.165, 1.54) is 18.9 Å². The Kier molecular flexibility index (Phi) is 7.26. The first-order chi connectivity index (χ1) is 9.15. The van der Waals surface area contributed by atoms with Crippen molar-refractivity contribution in [3.05, 3.63) is 34.3 Å². The molecular formula is C15H19BrO3. The lowest BCUT2D eigenvalue weighted by Crippen LogP contribution is -2.02. The molecule has 0 amide bonds. The quantitative estimate of drug-likeness (QED) is 0.462. The Labute approximate surface area is 122 Å². The summed E-state index contributed by atoms with van der Waals surface area (Å²) in [6.07, 6.45) is 7.33. The third-order valence-corrected chi connectivity index (χ3v) is 3.51. The first-order valence-electron chi connectivity index (χ1n) is 6.47. The molecule has 0 unspecified atom stereocenters. The highest BCUT2D eigenvalue weighted by Crippen LogP contribution is 2.27. The predicted molar refractivity (Wildman–Crippen MR) is 79.9 cm³/mol. The van der Waals surface area contributed by atoms with Gasteiger partial charge in [-0.3, -0.25) is 0 Å². The van der Waals surface area contributed by atoms with Crippen molar-refractivity contribution in [2.45, 2.75) is 32.6 Å². The van der Waals surface area contributed by atoms with Gasteiger partial charge in [-0.15, -0.1) is 0 Å². The maximum atomic E-state index is 11.5. The van der Waals surface area contributed by atoms with Crippen molar-refractivity contribution in [2.75, 3.05) is 6.61 Å². The maximum Gasteiger partial charge on any atom is 0.330 e. The van der Waals surface area contributed by atoms with Crippen molar-refractivity contribution in [2.24, 2.45) is 0 Å². The van der Waals surface area contributed by atoms with Crippen molar-refractivity contribution in [3.8, 4) is 5.75 Å². The molecule has 0 saturated heterocycles. The number of benzene rings is 1. The third kappa shape index (κ3) is 5.92. The second kappa shape index (κ2) is 8.75. The summed E-state index contributed by atoms with van der Waals surface area (Å²) in [6.45, 7) is 2.60. The number of phenolic OH excluding ortho intramolecular Hbond substituents is 1. The highest BCUT2D eigenvalue weighted by Gasteiger charge is 2.02. The molecule has 0 atom stereocenters. The number of hydrogen-bond donors (Lipinski definition) is 1. The largest absolute Gasteiger partial charge is 0.507 e. The maximum absolute atomic E-state index is 11.5. The van der Waals surface area contributed by atoms with Crippen molar-refractivity contribution in [1.82, 2.24) is 0 Å². The van der Waals surface area contributed by atoms with E-state index in [0.717, 1.165) is 18.4 Å². The topological polar surface area (TPSA) is 46.5 Å². The van der Waals surface area contributed by atoms with E-state index in [-0.39, 0.29) is 11.7 Å². The number of carbonyl (C=O) groups is 1. The monoisotopic (exact) mass is 326 g/mol. The number of hydrogen-bond acceptors (Lipinski definition) is 3. The van der Waals surface area contributed by atoms with Crippen molar-refractivity contribution < 1.29 is 14.6 Å². The Morgan fingerprint density at radius 1 is 1.37 bits per heavy atom. The van der Waals surface area contributed by atoms with Gasteiger partial charge in [-0.2, -0.15) is 0 Å². The lowest BCUT2D eigenvalue weighted by Gasteiger charge is -2.02. The molecule has 0 radical (unpaired) electrons. The molecule has 19 heavy (non-hydrogen) atoms. The number of rotatable bonds is 7. The van der Waals surface area contributed by atoms with E-state index in [2.05, 4.69) is 22.9 Å². The number of ether oxygens (including phenoxy) is 1. The van der Waals surface area contributed by atoms with Gasteiger partial charge in [-0.05, 0) is 40.1 Å². The van der Waals surface area contributed by atoms with Crippen LogP contribution in [0.25, 0.3) is 6.08 Å². The molecular weight excluding hydrogens is 308 g/mol. The zero-order valence-corrected chi connectivity index (χ0v) is 12.6. The van der Waals surface area contributed by atoms with Crippen LogP contribution in [0.1, 0.15) is 38.2 Å². The van der Waals surface area contributed by atoms with Crippen LogP contribution in [-0.4, -0.2) is 17.7 Å². The zero-order chi connectivity index (χ0) is 14.1. The number of aromatic hydroxyl groups is 1. The summed E-state index contributed by atoms with van der Waals surface area (Å²) >= 11 is 3.26. The number of halogens is 1. The fourth-order valence-electron chi connectivity index (χ4n) is 1.57. The average molecular weight is 327 g/mol. The standard InChI is InChI=1S/C15H19BrO3/c1-2-3-4-5-11-19-14(18)10-9-12-7-6-8-13(17)15(12)16/h6-10,17H,2-5,11H2,1H3. The van der Waals surface area contributed by atoms with Crippen LogP contribution in [-0.2, 0) is 9.53 Å². The molecule has 1 N–H and O–H groups in total. The van der Waals surface area contributed by atoms with Gasteiger partial charge in [0.05, 0.1) is 11.1 Å². The Morgan fingerprint density at radius 2 is 2.16 bits per heavy atom. The minimum Gasteiger partial charge on any atom is -0.507 e. The predicted octanol–water partition coefficient (Wildman–Crippen LogP) is 4.29. The van der Waals surface area contributed by atoms with Crippen molar-refractivity contribution in [3.63, 3.8) is 0 Å². The lowest BCUT2D eigenvalue weighted by atomic mass is 10.2. The average Bonchev–Trinajstić information content (AvgIpc) is 2.40. The normalized spacial score (nSPS) is 10.8. The van der Waals surface area contributed by atoms with Gasteiger partial charge in [0.2, 0.25) is 0 Å². The van der Waals surface area contributed by atoms with Crippen LogP contribution in [0.3, 0.4) is 0 Å². The molecule has 1 rings (SSSR count). The second-order valence-electron chi connectivity index (χ2n) is 4.24. The molecule has 104 valence electrons. The number of unbranched alkanes of at least 4 members (excludes halogenated alkanes) is 3. The molecule has 0 aliphatic carbocycles. The molecule has 0 aliphatic heterocycles. The van der Waals surface area contributed by atoms with E-state index in [1.807, 2.05) is 0 Å². The first kappa shape index (κ1) is 15.8. The summed E-state index contributed by atoms with van der Waals surface area (Å²) < 4.78 is 5.65. The summed E-state index contributed by atoms with van der Waals surface area (Å²) in [5.74, 6) is -0.207. The Hall–Kier alpha value is -1.29. The summed E-state index contributed by atoms with van der Waals surface area (Å²) in [5.41, 5.74) is 0.739. The van der Waals surface area contributed by atoms with Crippen LogP contribution >= 0.6 is 15.9 Å². The SMILES string of the molecule is CCCCCCOC(=O)C=Cc1cccc(O)c1Br. The van der Waals surface area contributed by atoms with Gasteiger partial charge in [-0.1, -0.05) is 38.3 Å². The highest BCUT2D eigenvalue weighted by atomic mass is 79.9. The van der Waals surface area contributed by atoms with Gasteiger partial charge >= 0.3 is 5.97 Å². The van der Waals surface area contributed by atoms with Crippen LogP contribution in [0.4, 0.5) is 0 Å². The molecule has 0 bridgehead atoms. The Balaban J connectivity index is 2.39. The first-order valence-corrected chi connectivity index (χ1v) is 7.26. The molecule has 4 heteroatoms. The molecule has 1 aromatic carbocycles. The van der Waals surface area contributed by atoms with E-state index in [4.69, 9.17) is 4.74 Å². The van der Waals surface area contributed by atoms with Crippen LogP contribution in [0.15, 0.2) is 28.7 Å². The summed E-state index contributed by atoms with van der Waals surface area (Å²) in [5, 5.41) is 9.49. The molecule has 1 aromatic rings. The summed E-state index contributed by atoms with van der Waals surface area (Å²) in [7, 11) is 0.